The Balaban J connectivity index is 1.86. The molecule has 1 saturated heterocycles. The SMILES string of the molecule is CN1C[C@H](CO)C[C@@H]2c3cccc4onc(c34)C[C@H]21. The Morgan fingerprint density at radius 3 is 3.21 bits per heavy atom. The zero-order chi connectivity index (χ0) is 13.0. The number of piperidine rings is 1. The van der Waals surface area contributed by atoms with Crippen LogP contribution in [0.1, 0.15) is 23.6 Å². The lowest BCUT2D eigenvalue weighted by Crippen LogP contribution is -2.48. The fourth-order valence-corrected chi connectivity index (χ4v) is 3.93. The molecule has 0 bridgehead atoms. The van der Waals surface area contributed by atoms with Gasteiger partial charge in [-0.05, 0) is 31.0 Å². The number of likely N-dealkylation sites (tertiary alicyclic amines) is 1. The summed E-state index contributed by atoms with van der Waals surface area (Å²) >= 11 is 0. The van der Waals surface area contributed by atoms with E-state index < -0.39 is 0 Å². The Morgan fingerprint density at radius 2 is 2.37 bits per heavy atom. The molecule has 4 heteroatoms. The highest BCUT2D eigenvalue weighted by atomic mass is 16.5. The van der Waals surface area contributed by atoms with E-state index >= 15 is 0 Å². The average Bonchev–Trinajstić information content (AvgIpc) is 2.85. The van der Waals surface area contributed by atoms with E-state index in [0.29, 0.717) is 17.9 Å². The van der Waals surface area contributed by atoms with Gasteiger partial charge in [0.15, 0.2) is 5.58 Å². The van der Waals surface area contributed by atoms with Crippen molar-refractivity contribution >= 4 is 11.0 Å². The van der Waals surface area contributed by atoms with Gasteiger partial charge in [-0.2, -0.15) is 0 Å². The number of fused-ring (bicyclic) bond motifs is 2. The van der Waals surface area contributed by atoms with Crippen LogP contribution >= 0.6 is 0 Å². The molecule has 1 N–H and O–H groups in total. The minimum atomic E-state index is 0.278. The first-order valence-electron chi connectivity index (χ1n) is 6.96. The molecule has 3 atom stereocenters. The standard InChI is InChI=1S/C15H18N2O2/c1-17-7-9(8-18)5-11-10-3-2-4-14-15(10)12(16-19-14)6-13(11)17/h2-4,9,11,13,18H,5-8H2,1H3/t9-,11-,13-/m1/s1. The Kier molecular flexibility index (Phi) is 2.44. The number of aromatic nitrogens is 1. The minimum Gasteiger partial charge on any atom is -0.396 e. The zero-order valence-electron chi connectivity index (χ0n) is 11.0. The van der Waals surface area contributed by atoms with E-state index in [1.165, 1.54) is 10.9 Å². The van der Waals surface area contributed by atoms with Crippen molar-refractivity contribution < 1.29 is 9.63 Å². The van der Waals surface area contributed by atoms with Crippen molar-refractivity contribution in [3.63, 3.8) is 0 Å². The molecule has 1 aliphatic carbocycles. The minimum absolute atomic E-state index is 0.278. The van der Waals surface area contributed by atoms with Gasteiger partial charge in [0.1, 0.15) is 0 Å². The van der Waals surface area contributed by atoms with E-state index in [9.17, 15) is 5.11 Å². The van der Waals surface area contributed by atoms with Crippen LogP contribution in [-0.2, 0) is 6.42 Å². The fraction of sp³-hybridized carbons (Fsp3) is 0.533. The quantitative estimate of drug-likeness (QED) is 0.847. The lowest BCUT2D eigenvalue weighted by atomic mass is 9.73. The number of aliphatic hydroxyl groups is 1. The van der Waals surface area contributed by atoms with Crippen LogP contribution in [0.3, 0.4) is 0 Å². The maximum Gasteiger partial charge on any atom is 0.167 e. The highest BCUT2D eigenvalue weighted by Crippen LogP contribution is 2.43. The van der Waals surface area contributed by atoms with Gasteiger partial charge in [-0.15, -0.1) is 0 Å². The van der Waals surface area contributed by atoms with Gasteiger partial charge in [-0.1, -0.05) is 17.3 Å². The molecule has 2 aliphatic rings. The first-order chi connectivity index (χ1) is 9.28. The van der Waals surface area contributed by atoms with Crippen molar-refractivity contribution in [1.82, 2.24) is 10.1 Å². The number of nitrogens with zero attached hydrogens (tertiary/aromatic N) is 2. The van der Waals surface area contributed by atoms with Crippen LogP contribution in [0.5, 0.6) is 0 Å². The third-order valence-corrected chi connectivity index (χ3v) is 4.83. The van der Waals surface area contributed by atoms with Gasteiger partial charge in [-0.3, -0.25) is 0 Å². The van der Waals surface area contributed by atoms with Gasteiger partial charge >= 0.3 is 0 Å². The predicted molar refractivity (Wildman–Crippen MR) is 72.1 cm³/mol. The first kappa shape index (κ1) is 11.4. The highest BCUT2D eigenvalue weighted by molar-refractivity contribution is 5.85. The molecular formula is C15H18N2O2. The summed E-state index contributed by atoms with van der Waals surface area (Å²) < 4.78 is 5.44. The van der Waals surface area contributed by atoms with Crippen molar-refractivity contribution in [2.45, 2.75) is 24.8 Å². The van der Waals surface area contributed by atoms with E-state index in [0.717, 1.165) is 30.7 Å². The largest absolute Gasteiger partial charge is 0.396 e. The van der Waals surface area contributed by atoms with E-state index in [1.54, 1.807) is 0 Å². The molecule has 19 heavy (non-hydrogen) atoms. The molecule has 2 aromatic rings. The zero-order valence-corrected chi connectivity index (χ0v) is 11.0. The summed E-state index contributed by atoms with van der Waals surface area (Å²) in [7, 11) is 2.16. The van der Waals surface area contributed by atoms with Crippen LogP contribution in [0.15, 0.2) is 22.7 Å². The lowest BCUT2D eigenvalue weighted by molar-refractivity contribution is 0.0763. The third kappa shape index (κ3) is 1.56. The average molecular weight is 258 g/mol. The lowest BCUT2D eigenvalue weighted by Gasteiger charge is -2.44. The topological polar surface area (TPSA) is 49.5 Å². The molecule has 1 fully saturated rings. The highest BCUT2D eigenvalue weighted by Gasteiger charge is 2.40. The molecule has 1 aromatic heterocycles. The summed E-state index contributed by atoms with van der Waals surface area (Å²) in [6.07, 6.45) is 2.03. The summed E-state index contributed by atoms with van der Waals surface area (Å²) in [6.45, 7) is 1.25. The van der Waals surface area contributed by atoms with E-state index in [1.807, 2.05) is 6.07 Å². The van der Waals surface area contributed by atoms with Gasteiger partial charge in [0.25, 0.3) is 0 Å². The smallest absolute Gasteiger partial charge is 0.167 e. The van der Waals surface area contributed by atoms with E-state index in [4.69, 9.17) is 4.52 Å². The van der Waals surface area contributed by atoms with Crippen LogP contribution in [0.4, 0.5) is 0 Å². The predicted octanol–water partition coefficient (Wildman–Crippen LogP) is 1.78. The number of rotatable bonds is 1. The maximum atomic E-state index is 9.49. The van der Waals surface area contributed by atoms with Crippen LogP contribution in [0, 0.1) is 5.92 Å². The van der Waals surface area contributed by atoms with Crippen molar-refractivity contribution in [3.8, 4) is 0 Å². The van der Waals surface area contributed by atoms with E-state index in [2.05, 4.69) is 29.2 Å². The molecule has 0 radical (unpaired) electrons. The molecule has 4 rings (SSSR count). The summed E-state index contributed by atoms with van der Waals surface area (Å²) in [5.74, 6) is 0.870. The van der Waals surface area contributed by atoms with E-state index in [-0.39, 0.29) is 6.61 Å². The molecule has 1 aliphatic heterocycles. The van der Waals surface area contributed by atoms with Crippen LogP contribution in [-0.4, -0.2) is 41.4 Å². The van der Waals surface area contributed by atoms with Crippen molar-refractivity contribution in [2.75, 3.05) is 20.2 Å². The Morgan fingerprint density at radius 1 is 1.47 bits per heavy atom. The Hall–Kier alpha value is -1.39. The maximum absolute atomic E-state index is 9.49. The monoisotopic (exact) mass is 258 g/mol. The number of hydrogen-bond donors (Lipinski definition) is 1. The second kappa shape index (κ2) is 4.05. The van der Waals surface area contributed by atoms with Gasteiger partial charge < -0.3 is 14.5 Å². The molecule has 0 saturated carbocycles. The molecule has 100 valence electrons. The molecule has 1 aromatic carbocycles. The molecule has 0 amide bonds. The molecule has 4 nitrogen and oxygen atoms in total. The van der Waals surface area contributed by atoms with Crippen LogP contribution < -0.4 is 0 Å². The molecule has 0 spiro atoms. The summed E-state index contributed by atoms with van der Waals surface area (Å²) in [4.78, 5) is 2.38. The van der Waals surface area contributed by atoms with Gasteiger partial charge in [-0.25, -0.2) is 0 Å². The summed E-state index contributed by atoms with van der Waals surface area (Å²) in [5.41, 5.74) is 3.36. The first-order valence-corrected chi connectivity index (χ1v) is 6.96. The number of hydrogen-bond acceptors (Lipinski definition) is 4. The molecular weight excluding hydrogens is 240 g/mol. The molecule has 2 heterocycles. The number of likely N-dealkylation sites (N-methyl/N-ethyl adjacent to an activating group) is 1. The number of aliphatic hydroxyl groups excluding tert-OH is 1. The summed E-state index contributed by atoms with van der Waals surface area (Å²) in [6, 6.07) is 6.74. The summed E-state index contributed by atoms with van der Waals surface area (Å²) in [5, 5.41) is 14.9. The fourth-order valence-electron chi connectivity index (χ4n) is 3.93. The van der Waals surface area contributed by atoms with Crippen LogP contribution in [0.2, 0.25) is 0 Å². The Labute approximate surface area is 112 Å². The number of benzene rings is 1. The second-order valence-electron chi connectivity index (χ2n) is 5.95. The Bertz CT molecular complexity index is 622. The van der Waals surface area contributed by atoms with Gasteiger partial charge in [0.05, 0.1) is 5.69 Å². The third-order valence-electron chi connectivity index (χ3n) is 4.83. The van der Waals surface area contributed by atoms with Crippen molar-refractivity contribution in [1.29, 1.82) is 0 Å². The van der Waals surface area contributed by atoms with Gasteiger partial charge in [0.2, 0.25) is 0 Å². The van der Waals surface area contributed by atoms with Crippen LogP contribution in [0.25, 0.3) is 11.0 Å². The second-order valence-corrected chi connectivity index (χ2v) is 5.95. The molecule has 0 unspecified atom stereocenters. The normalized spacial score (nSPS) is 30.5. The van der Waals surface area contributed by atoms with Gasteiger partial charge in [0, 0.05) is 36.9 Å². The van der Waals surface area contributed by atoms with Crippen molar-refractivity contribution in [2.24, 2.45) is 5.92 Å². The van der Waals surface area contributed by atoms with Crippen molar-refractivity contribution in [3.05, 3.63) is 29.5 Å².